The van der Waals surface area contributed by atoms with Crippen LogP contribution in [0.15, 0.2) is 0 Å². The van der Waals surface area contributed by atoms with Gasteiger partial charge in [0.15, 0.2) is 0 Å². The zero-order valence-corrected chi connectivity index (χ0v) is 14.1. The van der Waals surface area contributed by atoms with E-state index in [0.29, 0.717) is 13.2 Å². The number of carboxylic acids is 1. The van der Waals surface area contributed by atoms with E-state index in [0.717, 1.165) is 19.3 Å². The Morgan fingerprint density at radius 2 is 1.48 bits per heavy atom. The highest BCUT2D eigenvalue weighted by molar-refractivity contribution is 5.69. The summed E-state index contributed by atoms with van der Waals surface area (Å²) in [5.41, 5.74) is 0. The minimum Gasteiger partial charge on any atom is -0.481 e. The van der Waals surface area contributed by atoms with E-state index < -0.39 is 5.97 Å². The summed E-state index contributed by atoms with van der Waals surface area (Å²) >= 11 is 0. The summed E-state index contributed by atoms with van der Waals surface area (Å²) in [5, 5.41) is 8.18. The van der Waals surface area contributed by atoms with E-state index in [1.807, 2.05) is 6.92 Å². The predicted octanol–water partition coefficient (Wildman–Crippen LogP) is 3.04. The molecule has 126 valence electrons. The van der Waals surface area contributed by atoms with Crippen molar-refractivity contribution in [3.8, 4) is 0 Å². The largest absolute Gasteiger partial charge is 0.481 e. The molecule has 0 aliphatic heterocycles. The van der Waals surface area contributed by atoms with Gasteiger partial charge < -0.3 is 14.6 Å². The smallest absolute Gasteiger partial charge is 0.306 e. The molecule has 1 atom stereocenters. The van der Waals surface area contributed by atoms with Gasteiger partial charge in [-0.05, 0) is 19.8 Å². The fourth-order valence-corrected chi connectivity index (χ4v) is 0.738. The van der Waals surface area contributed by atoms with Gasteiger partial charge in [0.05, 0.1) is 19.1 Å². The Morgan fingerprint density at radius 1 is 1.00 bits per heavy atom. The highest BCUT2D eigenvalue weighted by Gasteiger charge is 2.05. The van der Waals surface area contributed by atoms with Gasteiger partial charge in [-0.1, -0.05) is 27.2 Å². The first kappa shape index (κ1) is 24.4. The fraction of sp³-hybridized carbons (Fsp3) is 0.800. The second-order valence-electron chi connectivity index (χ2n) is 4.27. The Bertz CT molecular complexity index is 275. The molecule has 0 amide bonds. The molecule has 0 aliphatic carbocycles. The van der Waals surface area contributed by atoms with Gasteiger partial charge in [0, 0.05) is 13.8 Å². The van der Waals surface area contributed by atoms with E-state index in [4.69, 9.17) is 5.11 Å². The molecule has 0 heterocycles. The standard InChI is InChI=1S/C6H12O2.C5H10O2.C4H8O2/c1-3-4-5-8-6(2)7;1-3-4(2)5(6)7;1-3-6-4(2)5/h3-5H2,1-2H3;4H,3H2,1-2H3,(H,6,7);3H2,1-2H3. The van der Waals surface area contributed by atoms with Crippen molar-refractivity contribution in [2.75, 3.05) is 13.2 Å². The van der Waals surface area contributed by atoms with Crippen molar-refractivity contribution in [3.63, 3.8) is 0 Å². The van der Waals surface area contributed by atoms with Crippen molar-refractivity contribution in [2.24, 2.45) is 5.92 Å². The summed E-state index contributed by atoms with van der Waals surface area (Å²) in [6.45, 7) is 11.3. The Kier molecular flexibility index (Phi) is 21.4. The molecule has 0 spiro atoms. The number of carbonyl (C=O) groups excluding carboxylic acids is 2. The molecule has 1 N–H and O–H groups in total. The summed E-state index contributed by atoms with van der Waals surface area (Å²) in [5.74, 6) is -1.28. The molecule has 0 saturated heterocycles. The first-order chi connectivity index (χ1) is 9.72. The lowest BCUT2D eigenvalue weighted by atomic mass is 10.1. The maximum absolute atomic E-state index is 10.1. The monoisotopic (exact) mass is 306 g/mol. The van der Waals surface area contributed by atoms with Crippen molar-refractivity contribution in [1.29, 1.82) is 0 Å². The molecule has 0 rings (SSSR count). The number of esters is 2. The van der Waals surface area contributed by atoms with E-state index in [-0.39, 0.29) is 17.9 Å². The van der Waals surface area contributed by atoms with Crippen LogP contribution in [0.3, 0.4) is 0 Å². The molecular formula is C15H30O6. The first-order valence-corrected chi connectivity index (χ1v) is 7.22. The second kappa shape index (κ2) is 18.4. The topological polar surface area (TPSA) is 89.9 Å². The lowest BCUT2D eigenvalue weighted by Crippen LogP contribution is -2.06. The van der Waals surface area contributed by atoms with Gasteiger partial charge in [0.2, 0.25) is 0 Å². The zero-order valence-electron chi connectivity index (χ0n) is 14.1. The average Bonchev–Trinajstić information content (AvgIpc) is 2.39. The number of rotatable bonds is 6. The summed E-state index contributed by atoms with van der Waals surface area (Å²) < 4.78 is 9.05. The third-order valence-corrected chi connectivity index (χ3v) is 2.18. The molecule has 1 unspecified atom stereocenters. The Morgan fingerprint density at radius 3 is 1.62 bits per heavy atom. The van der Waals surface area contributed by atoms with Crippen LogP contribution >= 0.6 is 0 Å². The molecule has 0 aliphatic rings. The van der Waals surface area contributed by atoms with Gasteiger partial charge in [0.25, 0.3) is 0 Å². The molecule has 0 saturated carbocycles. The summed E-state index contributed by atoms with van der Waals surface area (Å²) in [6.07, 6.45) is 2.77. The van der Waals surface area contributed by atoms with Crippen molar-refractivity contribution >= 4 is 17.9 Å². The minimum atomic E-state index is -0.706. The molecule has 0 aromatic rings. The quantitative estimate of drug-likeness (QED) is 0.599. The predicted molar refractivity (Wildman–Crippen MR) is 80.9 cm³/mol. The highest BCUT2D eigenvalue weighted by atomic mass is 16.5. The van der Waals surface area contributed by atoms with Crippen LogP contribution in [0.2, 0.25) is 0 Å². The van der Waals surface area contributed by atoms with Crippen LogP contribution in [-0.4, -0.2) is 36.2 Å². The molecule has 6 heteroatoms. The van der Waals surface area contributed by atoms with E-state index in [9.17, 15) is 14.4 Å². The number of unbranched alkanes of at least 4 members (excludes halogenated alkanes) is 1. The van der Waals surface area contributed by atoms with Gasteiger partial charge in [-0.3, -0.25) is 14.4 Å². The van der Waals surface area contributed by atoms with Crippen LogP contribution in [0.4, 0.5) is 0 Å². The molecule has 0 radical (unpaired) electrons. The maximum Gasteiger partial charge on any atom is 0.306 e. The number of hydrogen-bond donors (Lipinski definition) is 1. The number of carbonyl (C=O) groups is 3. The van der Waals surface area contributed by atoms with Crippen molar-refractivity contribution < 1.29 is 29.0 Å². The fourth-order valence-electron chi connectivity index (χ4n) is 0.738. The SMILES string of the molecule is CCC(C)C(=O)O.CCCCOC(C)=O.CCOC(C)=O. The van der Waals surface area contributed by atoms with Gasteiger partial charge in [-0.25, -0.2) is 0 Å². The normalized spacial score (nSPS) is 10.0. The number of ether oxygens (including phenoxy) is 2. The van der Waals surface area contributed by atoms with Crippen LogP contribution < -0.4 is 0 Å². The van der Waals surface area contributed by atoms with Gasteiger partial charge in [-0.15, -0.1) is 0 Å². The van der Waals surface area contributed by atoms with E-state index in [1.54, 1.807) is 13.8 Å². The van der Waals surface area contributed by atoms with Crippen LogP contribution in [0.25, 0.3) is 0 Å². The van der Waals surface area contributed by atoms with Crippen LogP contribution in [0, 0.1) is 5.92 Å². The Labute approximate surface area is 127 Å². The Balaban J connectivity index is -0.000000234. The van der Waals surface area contributed by atoms with Gasteiger partial charge >= 0.3 is 17.9 Å². The maximum atomic E-state index is 10.1. The summed E-state index contributed by atoms with van der Waals surface area (Å²) in [7, 11) is 0. The third kappa shape index (κ3) is 32.2. The average molecular weight is 306 g/mol. The van der Waals surface area contributed by atoms with Crippen LogP contribution in [-0.2, 0) is 23.9 Å². The van der Waals surface area contributed by atoms with Crippen LogP contribution in [0.1, 0.15) is 60.8 Å². The summed E-state index contributed by atoms with van der Waals surface area (Å²) in [4.78, 5) is 29.8. The number of aliphatic carboxylic acids is 1. The second-order valence-corrected chi connectivity index (χ2v) is 4.27. The van der Waals surface area contributed by atoms with Crippen molar-refractivity contribution in [3.05, 3.63) is 0 Å². The zero-order chi connectivity index (χ0) is 17.3. The Hall–Kier alpha value is -1.59. The lowest BCUT2D eigenvalue weighted by Gasteiger charge is -1.96. The van der Waals surface area contributed by atoms with E-state index >= 15 is 0 Å². The molecular weight excluding hydrogens is 276 g/mol. The van der Waals surface area contributed by atoms with Crippen molar-refractivity contribution in [2.45, 2.75) is 60.8 Å². The van der Waals surface area contributed by atoms with Crippen molar-refractivity contribution in [1.82, 2.24) is 0 Å². The highest BCUT2D eigenvalue weighted by Crippen LogP contribution is 1.97. The van der Waals surface area contributed by atoms with Gasteiger partial charge in [-0.2, -0.15) is 0 Å². The molecule has 0 aromatic heterocycles. The van der Waals surface area contributed by atoms with Gasteiger partial charge in [0.1, 0.15) is 0 Å². The first-order valence-electron chi connectivity index (χ1n) is 7.22. The lowest BCUT2D eigenvalue weighted by molar-refractivity contribution is -0.142. The summed E-state index contributed by atoms with van der Waals surface area (Å²) in [6, 6.07) is 0. The molecule has 0 bridgehead atoms. The van der Waals surface area contributed by atoms with E-state index in [2.05, 4.69) is 16.4 Å². The molecule has 0 fully saturated rings. The van der Waals surface area contributed by atoms with E-state index in [1.165, 1.54) is 13.8 Å². The van der Waals surface area contributed by atoms with Crippen LogP contribution in [0.5, 0.6) is 0 Å². The number of carboxylic acid groups (broad SMARTS) is 1. The number of hydrogen-bond acceptors (Lipinski definition) is 5. The molecule has 6 nitrogen and oxygen atoms in total. The molecule has 0 aromatic carbocycles. The third-order valence-electron chi connectivity index (χ3n) is 2.18. The molecule has 21 heavy (non-hydrogen) atoms. The minimum absolute atomic E-state index is 0.181.